The van der Waals surface area contributed by atoms with Crippen LogP contribution >= 0.6 is 11.6 Å². The molecule has 16 nitrogen and oxygen atoms in total. The second-order valence-electron chi connectivity index (χ2n) is 19.3. The number of nitrogens with zero attached hydrogens (tertiary/aromatic N) is 5. The minimum atomic E-state index is -0.992. The van der Waals surface area contributed by atoms with E-state index in [1.54, 1.807) is 37.4 Å². The third kappa shape index (κ3) is 9.83. The van der Waals surface area contributed by atoms with Crippen molar-refractivity contribution >= 4 is 52.5 Å². The molecule has 67 heavy (non-hydrogen) atoms. The Bertz CT molecular complexity index is 2420. The van der Waals surface area contributed by atoms with E-state index in [4.69, 9.17) is 30.5 Å². The summed E-state index contributed by atoms with van der Waals surface area (Å²) in [5, 5.41) is 15.2. The minimum absolute atomic E-state index is 0.0787. The lowest BCUT2D eigenvalue weighted by Crippen LogP contribution is -2.74. The lowest BCUT2D eigenvalue weighted by molar-refractivity contribution is -0.164. The Hall–Kier alpha value is -5.73. The van der Waals surface area contributed by atoms with Crippen LogP contribution in [0, 0.1) is 28.1 Å². The lowest BCUT2D eigenvalue weighted by Gasteiger charge is -2.63. The van der Waals surface area contributed by atoms with Crippen molar-refractivity contribution in [2.24, 2.45) is 16.7 Å². The molecule has 1 aliphatic carbocycles. The standard InChI is InChI=1S/C50H60ClN7O9/c1-49(2)47(50(3,4)48(49)67-35-9-6-33(29-52)38(51)28-35)54-43(60)32-7-11-39(41(26-32)66-25-24-65-23-22-64-5)57-16-14-31(15-17-57)30-55-18-20-56(21-19-55)34-8-10-36-37(27-34)46(63)58(45(36)62)40-12-13-42(59)53-44(40)61/h6-11,26-28,31,40,47-48H,12-25,30H2,1-5H3,(H,54,60)(H,53,59,61). The number of amides is 5. The zero-order valence-corrected chi connectivity index (χ0v) is 39.7. The SMILES string of the molecule is COCCOCCOc1cc(C(=O)NC2C(C)(C)C(Oc3ccc(C#N)c(Cl)c3)C2(C)C)ccc1N1CCC(CN2CCN(c3ccc4c(c3)C(=O)N(C3CCC(=O)NC3=O)C4=O)CC2)CC1. The number of anilines is 2. The van der Waals surface area contributed by atoms with Crippen molar-refractivity contribution in [3.63, 3.8) is 0 Å². The summed E-state index contributed by atoms with van der Waals surface area (Å²) in [7, 11) is 1.63. The summed E-state index contributed by atoms with van der Waals surface area (Å²) >= 11 is 6.30. The van der Waals surface area contributed by atoms with Crippen LogP contribution in [0.2, 0.25) is 5.02 Å². The molecule has 3 aromatic rings. The van der Waals surface area contributed by atoms with E-state index in [1.165, 1.54) is 0 Å². The predicted molar refractivity (Wildman–Crippen MR) is 251 cm³/mol. The van der Waals surface area contributed by atoms with Gasteiger partial charge >= 0.3 is 0 Å². The van der Waals surface area contributed by atoms with Gasteiger partial charge in [-0.3, -0.25) is 39.1 Å². The Morgan fingerprint density at radius 3 is 2.24 bits per heavy atom. The fraction of sp³-hybridized carbons (Fsp3) is 0.520. The topological polar surface area (TPSA) is 183 Å². The van der Waals surface area contributed by atoms with E-state index in [0.717, 1.165) is 74.9 Å². The van der Waals surface area contributed by atoms with Crippen molar-refractivity contribution in [2.75, 3.05) is 89.2 Å². The quantitative estimate of drug-likeness (QED) is 0.140. The third-order valence-electron chi connectivity index (χ3n) is 14.2. The van der Waals surface area contributed by atoms with E-state index in [0.29, 0.717) is 65.6 Å². The fourth-order valence-corrected chi connectivity index (χ4v) is 11.1. The first-order chi connectivity index (χ1) is 32.1. The van der Waals surface area contributed by atoms with Crippen molar-refractivity contribution in [3.05, 3.63) is 81.9 Å². The van der Waals surface area contributed by atoms with Gasteiger partial charge in [0.05, 0.1) is 47.2 Å². The zero-order chi connectivity index (χ0) is 47.6. The largest absolute Gasteiger partial charge is 0.489 e. The van der Waals surface area contributed by atoms with E-state index < -0.39 is 40.5 Å². The Morgan fingerprint density at radius 2 is 1.55 bits per heavy atom. The Balaban J connectivity index is 0.856. The van der Waals surface area contributed by atoms with Gasteiger partial charge < -0.3 is 34.1 Å². The van der Waals surface area contributed by atoms with Crippen molar-refractivity contribution in [1.29, 1.82) is 5.26 Å². The molecule has 4 fully saturated rings. The highest BCUT2D eigenvalue weighted by molar-refractivity contribution is 6.31. The first kappa shape index (κ1) is 47.8. The first-order valence-corrected chi connectivity index (χ1v) is 23.6. The molecule has 4 heterocycles. The molecule has 3 aromatic carbocycles. The average Bonchev–Trinajstić information content (AvgIpc) is 3.56. The monoisotopic (exact) mass is 937 g/mol. The normalized spacial score (nSPS) is 22.8. The molecular weight excluding hydrogens is 878 g/mol. The third-order valence-corrected chi connectivity index (χ3v) is 14.5. The molecule has 0 bridgehead atoms. The van der Waals surface area contributed by atoms with Gasteiger partial charge in [0.1, 0.15) is 36.3 Å². The van der Waals surface area contributed by atoms with Crippen LogP contribution in [0.15, 0.2) is 54.6 Å². The maximum absolute atomic E-state index is 14.0. The van der Waals surface area contributed by atoms with Gasteiger partial charge in [-0.25, -0.2) is 0 Å². The Kier molecular flexibility index (Phi) is 14.1. The lowest BCUT2D eigenvalue weighted by atomic mass is 9.49. The highest BCUT2D eigenvalue weighted by atomic mass is 35.5. The number of ether oxygens (including phenoxy) is 4. The number of piperidine rings is 2. The van der Waals surface area contributed by atoms with Gasteiger partial charge in [0.15, 0.2) is 0 Å². The number of hydrogen-bond donors (Lipinski definition) is 2. The van der Waals surface area contributed by atoms with E-state index >= 15 is 0 Å². The van der Waals surface area contributed by atoms with E-state index in [9.17, 15) is 29.2 Å². The van der Waals surface area contributed by atoms with Crippen molar-refractivity contribution in [2.45, 2.75) is 71.6 Å². The molecule has 8 rings (SSSR count). The smallest absolute Gasteiger partial charge is 0.262 e. The van der Waals surface area contributed by atoms with Gasteiger partial charge in [-0.2, -0.15) is 5.26 Å². The first-order valence-electron chi connectivity index (χ1n) is 23.2. The van der Waals surface area contributed by atoms with Crippen LogP contribution in [-0.2, 0) is 19.1 Å². The van der Waals surface area contributed by atoms with E-state index in [2.05, 4.69) is 59.1 Å². The molecule has 5 amide bonds. The number of nitriles is 1. The van der Waals surface area contributed by atoms with Crippen LogP contribution in [0.3, 0.4) is 0 Å². The van der Waals surface area contributed by atoms with Crippen molar-refractivity contribution in [3.8, 4) is 17.6 Å². The van der Waals surface area contributed by atoms with Gasteiger partial charge in [-0.1, -0.05) is 39.3 Å². The molecule has 1 saturated carbocycles. The molecule has 0 spiro atoms. The molecule has 0 radical (unpaired) electrons. The molecule has 1 atom stereocenters. The molecular formula is C50H60ClN7O9. The van der Waals surface area contributed by atoms with Crippen molar-refractivity contribution in [1.82, 2.24) is 20.4 Å². The summed E-state index contributed by atoms with van der Waals surface area (Å²) in [6.45, 7) is 15.8. The van der Waals surface area contributed by atoms with Crippen LogP contribution in [0.5, 0.6) is 11.5 Å². The molecule has 3 saturated heterocycles. The molecule has 1 unspecified atom stereocenters. The number of carbonyl (C=O) groups is 5. The number of benzene rings is 3. The highest BCUT2D eigenvalue weighted by Gasteiger charge is 2.64. The van der Waals surface area contributed by atoms with Gasteiger partial charge in [0, 0.05) is 93.5 Å². The number of fused-ring (bicyclic) bond motifs is 1. The number of piperazine rings is 1. The summed E-state index contributed by atoms with van der Waals surface area (Å²) in [5.41, 5.74) is 2.41. The minimum Gasteiger partial charge on any atom is -0.489 e. The molecule has 4 aliphatic heterocycles. The van der Waals surface area contributed by atoms with Crippen LogP contribution in [0.4, 0.5) is 11.4 Å². The van der Waals surface area contributed by atoms with Crippen LogP contribution in [0.1, 0.15) is 90.0 Å². The average molecular weight is 939 g/mol. The van der Waals surface area contributed by atoms with Crippen LogP contribution in [-0.4, -0.2) is 137 Å². The fourth-order valence-electron chi connectivity index (χ4n) is 10.9. The summed E-state index contributed by atoms with van der Waals surface area (Å²) in [5.74, 6) is -0.517. The Labute approximate surface area is 396 Å². The summed E-state index contributed by atoms with van der Waals surface area (Å²) in [4.78, 5) is 72.9. The molecule has 17 heteroatoms. The molecule has 0 aromatic heterocycles. The maximum atomic E-state index is 14.0. The van der Waals surface area contributed by atoms with Gasteiger partial charge in [0.2, 0.25) is 11.8 Å². The number of rotatable bonds is 16. The summed E-state index contributed by atoms with van der Waals surface area (Å²) < 4.78 is 23.6. The zero-order valence-electron chi connectivity index (χ0n) is 38.9. The number of hydrogen-bond acceptors (Lipinski definition) is 13. The number of carbonyl (C=O) groups excluding carboxylic acids is 5. The molecule has 5 aliphatic rings. The maximum Gasteiger partial charge on any atom is 0.262 e. The van der Waals surface area contributed by atoms with E-state index in [1.807, 2.05) is 24.3 Å². The van der Waals surface area contributed by atoms with Gasteiger partial charge in [0.25, 0.3) is 17.7 Å². The number of methoxy groups -OCH3 is 1. The highest BCUT2D eigenvalue weighted by Crippen LogP contribution is 2.55. The van der Waals surface area contributed by atoms with Gasteiger partial charge in [-0.05, 0) is 73.7 Å². The number of halogens is 1. The predicted octanol–water partition coefficient (Wildman–Crippen LogP) is 5.31. The molecule has 2 N–H and O–H groups in total. The second kappa shape index (κ2) is 19.9. The number of nitrogens with one attached hydrogen (secondary N) is 2. The summed E-state index contributed by atoms with van der Waals surface area (Å²) in [6, 6.07) is 16.9. The van der Waals surface area contributed by atoms with Crippen LogP contribution < -0.4 is 29.9 Å². The Morgan fingerprint density at radius 1 is 0.836 bits per heavy atom. The molecule has 356 valence electrons. The summed E-state index contributed by atoms with van der Waals surface area (Å²) in [6.07, 6.45) is 1.96. The van der Waals surface area contributed by atoms with Gasteiger partial charge in [-0.15, -0.1) is 0 Å². The number of imide groups is 2. The van der Waals surface area contributed by atoms with Crippen molar-refractivity contribution < 1.29 is 42.9 Å². The van der Waals surface area contributed by atoms with Crippen LogP contribution in [0.25, 0.3) is 0 Å². The van der Waals surface area contributed by atoms with E-state index in [-0.39, 0.29) is 36.5 Å². The second-order valence-corrected chi connectivity index (χ2v) is 19.7.